The zero-order valence-corrected chi connectivity index (χ0v) is 11.9. The Hall–Kier alpha value is -2.58. The number of anilines is 2. The third-order valence-corrected chi connectivity index (χ3v) is 3.61. The molecule has 0 bridgehead atoms. The summed E-state index contributed by atoms with van der Waals surface area (Å²) in [5, 5.41) is 12.5. The lowest BCUT2D eigenvalue weighted by Gasteiger charge is -2.08. The number of benzene rings is 1. The molecule has 0 radical (unpaired) electrons. The fourth-order valence-electron chi connectivity index (χ4n) is 1.95. The Labute approximate surface area is 124 Å². The number of fused-ring (bicyclic) bond motifs is 1. The molecule has 0 aliphatic carbocycles. The second-order valence-corrected chi connectivity index (χ2v) is 5.48. The predicted molar refractivity (Wildman–Crippen MR) is 82.2 cm³/mol. The van der Waals surface area contributed by atoms with Gasteiger partial charge >= 0.3 is 0 Å². The Morgan fingerprint density at radius 1 is 1.29 bits per heavy atom. The average Bonchev–Trinajstić information content (AvgIpc) is 2.91. The molecule has 3 aromatic rings. The zero-order chi connectivity index (χ0) is 14.8. The van der Waals surface area contributed by atoms with Crippen molar-refractivity contribution in [2.45, 2.75) is 6.92 Å². The number of hydrogen-bond donors (Lipinski definition) is 3. The first-order valence-electron chi connectivity index (χ1n) is 6.15. The van der Waals surface area contributed by atoms with E-state index in [9.17, 15) is 4.79 Å². The van der Waals surface area contributed by atoms with Crippen LogP contribution in [0.2, 0.25) is 0 Å². The molecule has 4 N–H and O–H groups in total. The van der Waals surface area contributed by atoms with E-state index in [0.717, 1.165) is 10.4 Å². The number of hydrogen-bond acceptors (Lipinski definition) is 7. The van der Waals surface area contributed by atoms with Gasteiger partial charge in [0.25, 0.3) is 5.91 Å². The van der Waals surface area contributed by atoms with Crippen LogP contribution in [-0.4, -0.2) is 21.1 Å². The number of carbonyl (C=O) groups is 1. The maximum Gasteiger partial charge on any atom is 0.258 e. The fourth-order valence-corrected chi connectivity index (χ4v) is 2.54. The number of nitrogens with two attached hydrogens (primary N) is 1. The van der Waals surface area contributed by atoms with Crippen LogP contribution in [-0.2, 0) is 0 Å². The molecule has 8 heteroatoms. The monoisotopic (exact) mass is 300 g/mol. The highest BCUT2D eigenvalue weighted by atomic mass is 32.1. The molecule has 3 rings (SSSR count). The van der Waals surface area contributed by atoms with Crippen molar-refractivity contribution in [2.24, 2.45) is 5.84 Å². The molecule has 7 nitrogen and oxygen atoms in total. The molecule has 0 saturated heterocycles. The highest BCUT2D eigenvalue weighted by molar-refractivity contribution is 7.15. The van der Waals surface area contributed by atoms with Gasteiger partial charge in [0.2, 0.25) is 5.13 Å². The third kappa shape index (κ3) is 2.67. The molecule has 0 atom stereocenters. The van der Waals surface area contributed by atoms with E-state index in [2.05, 4.69) is 25.9 Å². The normalized spacial score (nSPS) is 10.6. The molecule has 106 valence electrons. The number of aryl methyl sites for hydroxylation is 1. The molecule has 0 saturated carbocycles. The summed E-state index contributed by atoms with van der Waals surface area (Å²) >= 11 is 1.32. The quantitative estimate of drug-likeness (QED) is 0.504. The number of rotatable bonds is 3. The van der Waals surface area contributed by atoms with Crippen LogP contribution in [0.15, 0.2) is 30.3 Å². The van der Waals surface area contributed by atoms with Crippen LogP contribution in [0.5, 0.6) is 0 Å². The van der Waals surface area contributed by atoms with Gasteiger partial charge in [0.05, 0.1) is 11.1 Å². The number of carbonyl (C=O) groups excluding carboxylic acids is 1. The van der Waals surface area contributed by atoms with Crippen molar-refractivity contribution in [1.82, 2.24) is 15.2 Å². The van der Waals surface area contributed by atoms with Gasteiger partial charge in [-0.25, -0.2) is 10.8 Å². The first-order chi connectivity index (χ1) is 10.2. The summed E-state index contributed by atoms with van der Waals surface area (Å²) in [4.78, 5) is 16.7. The van der Waals surface area contributed by atoms with E-state index in [0.29, 0.717) is 22.0 Å². The molecule has 0 aliphatic heterocycles. The van der Waals surface area contributed by atoms with E-state index in [1.54, 1.807) is 6.07 Å². The van der Waals surface area contributed by atoms with Gasteiger partial charge in [0.1, 0.15) is 10.8 Å². The molecular weight excluding hydrogens is 288 g/mol. The first-order valence-corrected chi connectivity index (χ1v) is 6.97. The minimum absolute atomic E-state index is 0.277. The molecular formula is C13H12N6OS. The second-order valence-electron chi connectivity index (χ2n) is 4.30. The SMILES string of the molecule is Cc1nnc(NC(=O)c2cc(NN)nc3ccccc23)s1. The zero-order valence-electron chi connectivity index (χ0n) is 11.1. The summed E-state index contributed by atoms with van der Waals surface area (Å²) in [5.41, 5.74) is 3.63. The Bertz CT molecular complexity index is 815. The van der Waals surface area contributed by atoms with Crippen LogP contribution in [0.4, 0.5) is 10.9 Å². The molecule has 0 unspecified atom stereocenters. The number of aromatic nitrogens is 3. The van der Waals surface area contributed by atoms with Crippen LogP contribution in [0, 0.1) is 6.92 Å². The fraction of sp³-hybridized carbons (Fsp3) is 0.0769. The number of para-hydroxylation sites is 1. The lowest BCUT2D eigenvalue weighted by molar-refractivity contribution is 0.102. The number of nitrogen functional groups attached to an aromatic ring is 1. The van der Waals surface area contributed by atoms with Crippen LogP contribution >= 0.6 is 11.3 Å². The van der Waals surface area contributed by atoms with Crippen molar-refractivity contribution >= 4 is 39.1 Å². The Balaban J connectivity index is 2.03. The van der Waals surface area contributed by atoms with E-state index >= 15 is 0 Å². The maximum absolute atomic E-state index is 12.4. The van der Waals surface area contributed by atoms with Gasteiger partial charge in [0.15, 0.2) is 0 Å². The standard InChI is InChI=1S/C13H12N6OS/c1-7-18-19-13(21-7)16-12(20)9-6-11(17-14)15-10-5-3-2-4-8(9)10/h2-6H,14H2,1H3,(H,15,17)(H,16,19,20). The van der Waals surface area contributed by atoms with E-state index < -0.39 is 0 Å². The van der Waals surface area contributed by atoms with Gasteiger partial charge in [-0.3, -0.25) is 10.1 Å². The summed E-state index contributed by atoms with van der Waals surface area (Å²) in [7, 11) is 0. The molecule has 1 aromatic carbocycles. The number of nitrogens with one attached hydrogen (secondary N) is 2. The van der Waals surface area contributed by atoms with Crippen molar-refractivity contribution < 1.29 is 4.79 Å². The van der Waals surface area contributed by atoms with Gasteiger partial charge in [-0.15, -0.1) is 10.2 Å². The summed E-state index contributed by atoms with van der Waals surface area (Å²) in [6.07, 6.45) is 0. The molecule has 0 spiro atoms. The smallest absolute Gasteiger partial charge is 0.258 e. The van der Waals surface area contributed by atoms with Gasteiger partial charge in [-0.2, -0.15) is 0 Å². The van der Waals surface area contributed by atoms with E-state index in [-0.39, 0.29) is 5.91 Å². The molecule has 0 aliphatic rings. The number of pyridine rings is 1. The minimum Gasteiger partial charge on any atom is -0.308 e. The van der Waals surface area contributed by atoms with Gasteiger partial charge < -0.3 is 5.43 Å². The summed E-state index contributed by atoms with van der Waals surface area (Å²) in [5.74, 6) is 5.55. The van der Waals surface area contributed by atoms with Gasteiger partial charge in [-0.05, 0) is 19.1 Å². The molecule has 0 fully saturated rings. The third-order valence-electron chi connectivity index (χ3n) is 2.86. The van der Waals surface area contributed by atoms with Crippen molar-refractivity contribution in [3.8, 4) is 0 Å². The number of hydrazine groups is 1. The van der Waals surface area contributed by atoms with Crippen molar-refractivity contribution in [2.75, 3.05) is 10.7 Å². The van der Waals surface area contributed by atoms with Crippen LogP contribution in [0.3, 0.4) is 0 Å². The number of nitrogens with zero attached hydrogens (tertiary/aromatic N) is 3. The van der Waals surface area contributed by atoms with E-state index in [1.807, 2.05) is 31.2 Å². The minimum atomic E-state index is -0.277. The molecule has 1 amide bonds. The highest BCUT2D eigenvalue weighted by Crippen LogP contribution is 2.22. The predicted octanol–water partition coefficient (Wildman–Crippen LogP) is 1.93. The topological polar surface area (TPSA) is 106 Å². The van der Waals surface area contributed by atoms with E-state index in [1.165, 1.54) is 11.3 Å². The highest BCUT2D eigenvalue weighted by Gasteiger charge is 2.14. The van der Waals surface area contributed by atoms with Gasteiger partial charge in [0, 0.05) is 5.39 Å². The lowest BCUT2D eigenvalue weighted by Crippen LogP contribution is -2.15. The lowest BCUT2D eigenvalue weighted by atomic mass is 10.1. The van der Waals surface area contributed by atoms with Crippen molar-refractivity contribution in [1.29, 1.82) is 0 Å². The average molecular weight is 300 g/mol. The maximum atomic E-state index is 12.4. The second kappa shape index (κ2) is 5.43. The summed E-state index contributed by atoms with van der Waals surface area (Å²) in [6.45, 7) is 1.83. The largest absolute Gasteiger partial charge is 0.308 e. The summed E-state index contributed by atoms with van der Waals surface area (Å²) in [6, 6.07) is 8.97. The van der Waals surface area contributed by atoms with Crippen molar-refractivity contribution in [3.63, 3.8) is 0 Å². The Morgan fingerprint density at radius 2 is 2.10 bits per heavy atom. The van der Waals surface area contributed by atoms with Crippen LogP contribution in [0.25, 0.3) is 10.9 Å². The number of amides is 1. The van der Waals surface area contributed by atoms with Gasteiger partial charge in [-0.1, -0.05) is 29.5 Å². The summed E-state index contributed by atoms with van der Waals surface area (Å²) < 4.78 is 0. The first kappa shape index (κ1) is 13.4. The Morgan fingerprint density at radius 3 is 2.81 bits per heavy atom. The van der Waals surface area contributed by atoms with Crippen LogP contribution in [0.1, 0.15) is 15.4 Å². The molecule has 21 heavy (non-hydrogen) atoms. The molecule has 2 aromatic heterocycles. The van der Waals surface area contributed by atoms with Crippen LogP contribution < -0.4 is 16.6 Å². The van der Waals surface area contributed by atoms with E-state index in [4.69, 9.17) is 5.84 Å². The van der Waals surface area contributed by atoms with Crippen molar-refractivity contribution in [3.05, 3.63) is 40.9 Å². The molecule has 2 heterocycles. The Kier molecular flexibility index (Phi) is 3.46.